The van der Waals surface area contributed by atoms with Crippen LogP contribution in [0.1, 0.15) is 18.4 Å². The van der Waals surface area contributed by atoms with Gasteiger partial charge in [-0.15, -0.1) is 24.8 Å². The minimum absolute atomic E-state index is 0. The Morgan fingerprint density at radius 1 is 1.44 bits per heavy atom. The highest BCUT2D eigenvalue weighted by atomic mass is 35.5. The summed E-state index contributed by atoms with van der Waals surface area (Å²) in [5.41, 5.74) is 5.84. The fourth-order valence-electron chi connectivity index (χ4n) is 1.18. The van der Waals surface area contributed by atoms with Crippen molar-refractivity contribution >= 4 is 12.4 Å². The van der Waals surface area contributed by atoms with E-state index in [0.29, 0.717) is 18.6 Å². The minimum atomic E-state index is -0.374. The monoisotopic (exact) mass is 243 g/mol. The van der Waals surface area contributed by atoms with Crippen molar-refractivity contribution in [2.24, 2.45) is 5.73 Å². The average molecular weight is 244 g/mol. The molecule has 1 aromatic carbocycles. The maximum Gasteiger partial charge on any atom is 0.169 e. The summed E-state index contributed by atoms with van der Waals surface area (Å²) in [7, 11) is 0. The molecule has 2 N–H and O–H groups in total. The summed E-state index contributed by atoms with van der Waals surface area (Å²) >= 11 is 0. The molecule has 0 saturated heterocycles. The Hall–Kier alpha value is -1.24. The molecule has 0 aliphatic heterocycles. The number of hydrogen-bond donors (Lipinski definition) is 1. The summed E-state index contributed by atoms with van der Waals surface area (Å²) in [5, 5.41) is 0. The largest absolute Gasteiger partial charge is 0.490 e. The third-order valence-corrected chi connectivity index (χ3v) is 1.99. The van der Waals surface area contributed by atoms with Crippen LogP contribution >= 0.6 is 12.4 Å². The van der Waals surface area contributed by atoms with Gasteiger partial charge in [-0.3, -0.25) is 0 Å². The van der Waals surface area contributed by atoms with E-state index in [-0.39, 0.29) is 30.5 Å². The number of rotatable bonds is 5. The first-order valence-corrected chi connectivity index (χ1v) is 4.83. The molecule has 2 nitrogen and oxygen atoms in total. The Morgan fingerprint density at radius 3 is 2.81 bits per heavy atom. The van der Waals surface area contributed by atoms with Gasteiger partial charge in [0.25, 0.3) is 0 Å². The lowest BCUT2D eigenvalue weighted by Crippen LogP contribution is -2.04. The first kappa shape index (κ1) is 14.8. The van der Waals surface area contributed by atoms with E-state index in [4.69, 9.17) is 16.9 Å². The molecule has 0 aliphatic carbocycles. The summed E-state index contributed by atoms with van der Waals surface area (Å²) in [6.45, 7) is 0.600. The zero-order chi connectivity index (χ0) is 11.1. The third-order valence-electron chi connectivity index (χ3n) is 1.99. The van der Waals surface area contributed by atoms with Crippen LogP contribution in [0.2, 0.25) is 0 Å². The van der Waals surface area contributed by atoms with Crippen LogP contribution in [0.3, 0.4) is 0 Å². The molecule has 0 fully saturated rings. The summed E-state index contributed by atoms with van der Waals surface area (Å²) in [6.07, 6.45) is 6.45. The maximum absolute atomic E-state index is 13.5. The fraction of sp³-hybridized carbons (Fsp3) is 0.333. The molecule has 1 rings (SSSR count). The van der Waals surface area contributed by atoms with Gasteiger partial charge in [0.1, 0.15) is 0 Å². The number of hydrogen-bond acceptors (Lipinski definition) is 2. The van der Waals surface area contributed by atoms with Crippen molar-refractivity contribution in [2.45, 2.75) is 19.4 Å². The van der Waals surface area contributed by atoms with Gasteiger partial charge in [0.05, 0.1) is 6.61 Å². The van der Waals surface area contributed by atoms with E-state index in [0.717, 1.165) is 6.42 Å². The molecule has 0 atom stereocenters. The topological polar surface area (TPSA) is 35.2 Å². The molecule has 88 valence electrons. The molecule has 0 unspecified atom stereocenters. The van der Waals surface area contributed by atoms with Crippen molar-refractivity contribution < 1.29 is 9.13 Å². The minimum Gasteiger partial charge on any atom is -0.490 e. The molecule has 16 heavy (non-hydrogen) atoms. The number of benzene rings is 1. The van der Waals surface area contributed by atoms with E-state index in [1.54, 1.807) is 18.2 Å². The van der Waals surface area contributed by atoms with Crippen molar-refractivity contribution in [3.05, 3.63) is 29.6 Å². The number of unbranched alkanes of at least 4 members (excludes halogenated alkanes) is 1. The Bertz CT molecular complexity index is 363. The zero-order valence-electron chi connectivity index (χ0n) is 8.91. The highest BCUT2D eigenvalue weighted by molar-refractivity contribution is 5.85. The Morgan fingerprint density at radius 2 is 2.19 bits per heavy atom. The molecule has 0 spiro atoms. The van der Waals surface area contributed by atoms with Gasteiger partial charge in [-0.2, -0.15) is 0 Å². The van der Waals surface area contributed by atoms with Gasteiger partial charge in [-0.1, -0.05) is 12.1 Å². The molecular weight excluding hydrogens is 229 g/mol. The molecule has 0 aromatic heterocycles. The lowest BCUT2D eigenvalue weighted by Gasteiger charge is -2.08. The van der Waals surface area contributed by atoms with E-state index < -0.39 is 0 Å². The van der Waals surface area contributed by atoms with Crippen LogP contribution < -0.4 is 10.5 Å². The number of ether oxygens (including phenoxy) is 1. The smallest absolute Gasteiger partial charge is 0.169 e. The Balaban J connectivity index is 0.00000225. The van der Waals surface area contributed by atoms with Crippen LogP contribution in [0.4, 0.5) is 4.39 Å². The second kappa shape index (κ2) is 7.98. The van der Waals surface area contributed by atoms with Crippen LogP contribution in [-0.2, 0) is 6.54 Å². The number of halogens is 2. The van der Waals surface area contributed by atoms with Crippen LogP contribution in [0.15, 0.2) is 18.2 Å². The molecule has 0 bridgehead atoms. The van der Waals surface area contributed by atoms with Crippen LogP contribution in [-0.4, -0.2) is 6.61 Å². The van der Waals surface area contributed by atoms with Crippen molar-refractivity contribution in [3.63, 3.8) is 0 Å². The fourth-order valence-corrected chi connectivity index (χ4v) is 1.18. The lowest BCUT2D eigenvalue weighted by molar-refractivity contribution is 0.296. The van der Waals surface area contributed by atoms with Crippen molar-refractivity contribution in [1.29, 1.82) is 0 Å². The summed E-state index contributed by atoms with van der Waals surface area (Å²) < 4.78 is 18.8. The van der Waals surface area contributed by atoms with Gasteiger partial charge in [0.2, 0.25) is 0 Å². The lowest BCUT2D eigenvalue weighted by atomic mass is 10.2. The Labute approximate surface area is 101 Å². The highest BCUT2D eigenvalue weighted by Gasteiger charge is 2.06. The second-order valence-electron chi connectivity index (χ2n) is 3.09. The SMILES string of the molecule is C#CCCCOc1cccc(CN)c1F.Cl. The van der Waals surface area contributed by atoms with Gasteiger partial charge in [-0.25, -0.2) is 4.39 Å². The van der Waals surface area contributed by atoms with E-state index >= 15 is 0 Å². The van der Waals surface area contributed by atoms with Gasteiger partial charge in [-0.05, 0) is 12.5 Å². The highest BCUT2D eigenvalue weighted by Crippen LogP contribution is 2.20. The normalized spacial score (nSPS) is 9.06. The van der Waals surface area contributed by atoms with Gasteiger partial charge in [0.15, 0.2) is 11.6 Å². The standard InChI is InChI=1S/C12H14FNO.ClH/c1-2-3-4-8-15-11-7-5-6-10(9-14)12(11)13;/h1,5-7H,3-4,8-9,14H2;1H. The molecule has 0 radical (unpaired) electrons. The van der Waals surface area contributed by atoms with E-state index in [2.05, 4.69) is 5.92 Å². The maximum atomic E-state index is 13.5. The number of terminal acetylenes is 1. The molecule has 4 heteroatoms. The van der Waals surface area contributed by atoms with E-state index in [1.807, 2.05) is 0 Å². The van der Waals surface area contributed by atoms with Crippen LogP contribution in [0.5, 0.6) is 5.75 Å². The first-order valence-electron chi connectivity index (χ1n) is 4.83. The van der Waals surface area contributed by atoms with E-state index in [1.165, 1.54) is 0 Å². The first-order chi connectivity index (χ1) is 7.29. The summed E-state index contributed by atoms with van der Waals surface area (Å²) in [4.78, 5) is 0. The van der Waals surface area contributed by atoms with Crippen LogP contribution in [0.25, 0.3) is 0 Å². The van der Waals surface area contributed by atoms with Crippen molar-refractivity contribution in [2.75, 3.05) is 6.61 Å². The average Bonchev–Trinajstić information content (AvgIpc) is 2.26. The second-order valence-corrected chi connectivity index (χ2v) is 3.09. The van der Waals surface area contributed by atoms with E-state index in [9.17, 15) is 4.39 Å². The molecule has 0 amide bonds. The summed E-state index contributed by atoms with van der Waals surface area (Å²) in [5.74, 6) is 2.37. The zero-order valence-corrected chi connectivity index (χ0v) is 9.73. The molecule has 0 saturated carbocycles. The number of nitrogens with two attached hydrogens (primary N) is 1. The predicted molar refractivity (Wildman–Crippen MR) is 65.1 cm³/mol. The molecule has 1 aromatic rings. The van der Waals surface area contributed by atoms with Crippen molar-refractivity contribution in [1.82, 2.24) is 0 Å². The molecule has 0 aliphatic rings. The van der Waals surface area contributed by atoms with Gasteiger partial charge >= 0.3 is 0 Å². The Kier molecular flexibility index (Phi) is 7.36. The third kappa shape index (κ3) is 4.09. The quantitative estimate of drug-likeness (QED) is 0.637. The molecular formula is C12H15ClFNO. The van der Waals surface area contributed by atoms with Crippen molar-refractivity contribution in [3.8, 4) is 18.1 Å². The van der Waals surface area contributed by atoms with Crippen LogP contribution in [0, 0.1) is 18.2 Å². The van der Waals surface area contributed by atoms with Gasteiger partial charge in [0, 0.05) is 18.5 Å². The molecule has 0 heterocycles. The predicted octanol–water partition coefficient (Wildman–Crippen LogP) is 2.50. The summed E-state index contributed by atoms with van der Waals surface area (Å²) in [6, 6.07) is 4.95. The van der Waals surface area contributed by atoms with Gasteiger partial charge < -0.3 is 10.5 Å².